The number of hydrogen-bond acceptors (Lipinski definition) is 8. The molecular formula is C11H8N6O4S. The molecule has 0 saturated heterocycles. The summed E-state index contributed by atoms with van der Waals surface area (Å²) >= 11 is 1.14. The van der Waals surface area contributed by atoms with Gasteiger partial charge in [-0.1, -0.05) is 11.3 Å². The van der Waals surface area contributed by atoms with Crippen LogP contribution in [0.4, 0.5) is 5.13 Å². The number of hydrogen-bond donors (Lipinski definition) is 4. The monoisotopic (exact) mass is 320 g/mol. The second-order valence-electron chi connectivity index (χ2n) is 4.13. The molecule has 0 unspecified atom stereocenters. The second kappa shape index (κ2) is 5.37. The normalized spacial score (nSPS) is 13.2. The Balaban J connectivity index is 1.85. The number of thiazole rings is 1. The Bertz CT molecular complexity index is 921. The van der Waals surface area contributed by atoms with E-state index in [-0.39, 0.29) is 5.13 Å². The Hall–Kier alpha value is -3.08. The smallest absolute Gasteiger partial charge is 0.328 e. The van der Waals surface area contributed by atoms with E-state index in [1.807, 2.05) is 9.97 Å². The lowest BCUT2D eigenvalue weighted by molar-refractivity contribution is 0.102. The number of anilines is 1. The summed E-state index contributed by atoms with van der Waals surface area (Å²) in [5, 5.41) is 19.8. The Morgan fingerprint density at radius 2 is 2.18 bits per heavy atom. The molecular weight excluding hydrogens is 312 g/mol. The van der Waals surface area contributed by atoms with Crippen molar-refractivity contribution in [2.75, 3.05) is 11.9 Å². The van der Waals surface area contributed by atoms with Crippen LogP contribution < -0.4 is 16.6 Å². The summed E-state index contributed by atoms with van der Waals surface area (Å²) in [5.41, 5.74) is -1.85. The predicted molar refractivity (Wildman–Crippen MR) is 77.1 cm³/mol. The Labute approximate surface area is 125 Å². The van der Waals surface area contributed by atoms with Crippen LogP contribution in [-0.2, 0) is 0 Å². The number of carbonyl (C=O) groups is 1. The maximum absolute atomic E-state index is 12.0. The van der Waals surface area contributed by atoms with Crippen molar-refractivity contribution in [2.45, 2.75) is 0 Å². The van der Waals surface area contributed by atoms with Crippen molar-refractivity contribution in [3.05, 3.63) is 43.6 Å². The van der Waals surface area contributed by atoms with Gasteiger partial charge in [-0.25, -0.2) is 9.78 Å². The van der Waals surface area contributed by atoms with Crippen LogP contribution in [0.1, 0.15) is 15.2 Å². The molecule has 112 valence electrons. The second-order valence-corrected chi connectivity index (χ2v) is 5.16. The van der Waals surface area contributed by atoms with Gasteiger partial charge in [-0.3, -0.25) is 24.9 Å². The molecule has 3 rings (SSSR count). The van der Waals surface area contributed by atoms with E-state index >= 15 is 0 Å². The Kier molecular flexibility index (Phi) is 3.39. The van der Waals surface area contributed by atoms with E-state index < -0.39 is 28.6 Å². The van der Waals surface area contributed by atoms with Crippen LogP contribution in [0.3, 0.4) is 0 Å². The average molecular weight is 320 g/mol. The van der Waals surface area contributed by atoms with Gasteiger partial charge in [-0.2, -0.15) is 10.2 Å². The predicted octanol–water partition coefficient (Wildman–Crippen LogP) is 0.284. The highest BCUT2D eigenvalue weighted by molar-refractivity contribution is 7.16. The number of aromatic hydroxyl groups is 1. The molecule has 22 heavy (non-hydrogen) atoms. The summed E-state index contributed by atoms with van der Waals surface area (Å²) < 4.78 is 0. The summed E-state index contributed by atoms with van der Waals surface area (Å²) in [6.45, 7) is 0.496. The van der Waals surface area contributed by atoms with E-state index in [1.165, 1.54) is 6.20 Å². The van der Waals surface area contributed by atoms with Crippen LogP contribution in [0.25, 0.3) is 5.70 Å². The fraction of sp³-hybridized carbons (Fsp3) is 0.0909. The quantitative estimate of drug-likeness (QED) is 0.640. The molecule has 1 aliphatic rings. The average Bonchev–Trinajstić information content (AvgIpc) is 3.07. The van der Waals surface area contributed by atoms with Crippen molar-refractivity contribution >= 4 is 28.1 Å². The minimum absolute atomic E-state index is 0.216. The molecule has 0 radical (unpaired) electrons. The molecule has 2 aromatic rings. The number of amides is 1. The van der Waals surface area contributed by atoms with Gasteiger partial charge < -0.3 is 5.11 Å². The van der Waals surface area contributed by atoms with Crippen LogP contribution in [0, 0.1) is 0 Å². The summed E-state index contributed by atoms with van der Waals surface area (Å²) in [6, 6.07) is 0. The molecule has 0 bridgehead atoms. The van der Waals surface area contributed by atoms with Crippen LogP contribution in [0.5, 0.6) is 5.88 Å². The maximum atomic E-state index is 12.0. The third-order valence-corrected chi connectivity index (χ3v) is 3.61. The first-order chi connectivity index (χ1) is 10.5. The van der Waals surface area contributed by atoms with E-state index in [9.17, 15) is 19.5 Å². The number of carbonyl (C=O) groups excluding carboxylic acids is 1. The van der Waals surface area contributed by atoms with Gasteiger partial charge in [-0.15, -0.1) is 0 Å². The standard InChI is InChI=1S/C11H8N6O4S/c18-7-6(8(19)15-10(21)14-7)9(20)16-11-12-3-5(22-11)4-1-2-13-17-4/h1,3H,2H2,(H,12,16,20)(H3,14,15,18,19,21). The number of nitrogens with one attached hydrogen (secondary N) is 3. The van der Waals surface area contributed by atoms with Gasteiger partial charge in [0.1, 0.15) is 5.70 Å². The summed E-state index contributed by atoms with van der Waals surface area (Å²) in [6.07, 6.45) is 3.31. The third kappa shape index (κ3) is 2.56. The highest BCUT2D eigenvalue weighted by Gasteiger charge is 2.19. The number of azo groups is 1. The Morgan fingerprint density at radius 1 is 1.36 bits per heavy atom. The zero-order valence-electron chi connectivity index (χ0n) is 10.8. The summed E-state index contributed by atoms with van der Waals surface area (Å²) in [4.78, 5) is 43.0. The lowest BCUT2D eigenvalue weighted by Crippen LogP contribution is -2.30. The van der Waals surface area contributed by atoms with Crippen LogP contribution in [0.2, 0.25) is 0 Å². The highest BCUT2D eigenvalue weighted by atomic mass is 32.1. The zero-order chi connectivity index (χ0) is 15.7. The minimum atomic E-state index is -0.997. The molecule has 4 N–H and O–H groups in total. The van der Waals surface area contributed by atoms with Gasteiger partial charge in [0.15, 0.2) is 10.7 Å². The van der Waals surface area contributed by atoms with Crippen LogP contribution in [0.15, 0.2) is 32.1 Å². The summed E-state index contributed by atoms with van der Waals surface area (Å²) in [5.74, 6) is -1.70. The van der Waals surface area contributed by atoms with E-state index in [0.717, 1.165) is 11.3 Å². The SMILES string of the molecule is O=C(Nc1ncc(C2=CCN=N2)s1)c1c(O)[nH]c(=O)[nH]c1=O. The van der Waals surface area contributed by atoms with Crippen molar-refractivity contribution in [1.29, 1.82) is 0 Å². The van der Waals surface area contributed by atoms with Crippen molar-refractivity contribution in [3.8, 4) is 5.88 Å². The third-order valence-electron chi connectivity index (χ3n) is 2.67. The van der Waals surface area contributed by atoms with Crippen molar-refractivity contribution in [2.24, 2.45) is 10.2 Å². The topological polar surface area (TPSA) is 153 Å². The lowest BCUT2D eigenvalue weighted by Gasteiger charge is -2.02. The minimum Gasteiger partial charge on any atom is -0.494 e. The molecule has 3 heterocycles. The fourth-order valence-electron chi connectivity index (χ4n) is 1.73. The maximum Gasteiger partial charge on any atom is 0.328 e. The van der Waals surface area contributed by atoms with Gasteiger partial charge >= 0.3 is 5.69 Å². The molecule has 0 aromatic carbocycles. The Morgan fingerprint density at radius 3 is 2.86 bits per heavy atom. The van der Waals surface area contributed by atoms with Gasteiger partial charge in [0.2, 0.25) is 5.88 Å². The van der Waals surface area contributed by atoms with Crippen molar-refractivity contribution in [3.63, 3.8) is 0 Å². The molecule has 1 aliphatic heterocycles. The zero-order valence-corrected chi connectivity index (χ0v) is 11.6. The number of H-pyrrole nitrogens is 2. The summed E-state index contributed by atoms with van der Waals surface area (Å²) in [7, 11) is 0. The van der Waals surface area contributed by atoms with E-state index in [2.05, 4.69) is 20.5 Å². The first kappa shape index (κ1) is 13.9. The fourth-order valence-corrected chi connectivity index (χ4v) is 2.52. The first-order valence-electron chi connectivity index (χ1n) is 5.95. The van der Waals surface area contributed by atoms with E-state index in [0.29, 0.717) is 17.1 Å². The van der Waals surface area contributed by atoms with Crippen molar-refractivity contribution < 1.29 is 9.90 Å². The number of aromatic amines is 2. The molecule has 10 nitrogen and oxygen atoms in total. The van der Waals surface area contributed by atoms with Crippen LogP contribution in [-0.4, -0.2) is 32.5 Å². The number of nitrogens with zero attached hydrogens (tertiary/aromatic N) is 3. The highest BCUT2D eigenvalue weighted by Crippen LogP contribution is 2.28. The molecule has 2 aromatic heterocycles. The largest absolute Gasteiger partial charge is 0.494 e. The molecule has 0 aliphatic carbocycles. The van der Waals surface area contributed by atoms with Gasteiger partial charge in [0, 0.05) is 6.20 Å². The number of aromatic nitrogens is 3. The van der Waals surface area contributed by atoms with Gasteiger partial charge in [-0.05, 0) is 6.08 Å². The molecule has 11 heteroatoms. The number of rotatable bonds is 3. The molecule has 0 fully saturated rings. The van der Waals surface area contributed by atoms with Crippen LogP contribution >= 0.6 is 11.3 Å². The van der Waals surface area contributed by atoms with Gasteiger partial charge in [0.05, 0.1) is 11.4 Å². The van der Waals surface area contributed by atoms with E-state index in [1.54, 1.807) is 6.08 Å². The lowest BCUT2D eigenvalue weighted by atomic mass is 10.3. The first-order valence-corrected chi connectivity index (χ1v) is 6.77. The van der Waals surface area contributed by atoms with Crippen molar-refractivity contribution in [1.82, 2.24) is 15.0 Å². The molecule has 1 amide bonds. The molecule has 0 atom stereocenters. The van der Waals surface area contributed by atoms with E-state index in [4.69, 9.17) is 0 Å². The molecule has 0 saturated carbocycles. The molecule has 0 spiro atoms. The van der Waals surface area contributed by atoms with Gasteiger partial charge in [0.25, 0.3) is 11.5 Å².